The minimum absolute atomic E-state index is 0.269. The molecule has 24 heavy (non-hydrogen) atoms. The lowest BCUT2D eigenvalue weighted by Gasteiger charge is -2.28. The van der Waals surface area contributed by atoms with Gasteiger partial charge in [-0.05, 0) is 20.3 Å². The first-order valence-corrected chi connectivity index (χ1v) is 8.64. The van der Waals surface area contributed by atoms with Crippen LogP contribution in [0.5, 0.6) is 0 Å². The van der Waals surface area contributed by atoms with E-state index >= 15 is 0 Å². The van der Waals surface area contributed by atoms with Crippen molar-refractivity contribution < 1.29 is 14.3 Å². The average Bonchev–Trinajstić information content (AvgIpc) is 2.51. The highest BCUT2D eigenvalue weighted by molar-refractivity contribution is 7.99. The number of carbonyl (C=O) groups is 2. The lowest BCUT2D eigenvalue weighted by atomic mass is 10.0. The van der Waals surface area contributed by atoms with Gasteiger partial charge >= 0.3 is 12.0 Å². The first kappa shape index (κ1) is 18.1. The van der Waals surface area contributed by atoms with Crippen molar-refractivity contribution in [1.29, 1.82) is 0 Å². The molecular formula is C15H21N5O3S. The fraction of sp³-hybridized carbons (Fsp3) is 0.467. The molecular weight excluding hydrogens is 330 g/mol. The standard InChI is InChI=1S/C15H21N5O3S/c1-4-9-12(13(21)23-5-2)10(19-14(22)18-9)7-24-15-17-8(3)6-11(16)20-15/h6,9H,4-5,7H2,1-3H3,(H2,16,17,20)(H2,18,19,22)/t9-/m1/s1. The van der Waals surface area contributed by atoms with Crippen LogP contribution in [0, 0.1) is 6.92 Å². The monoisotopic (exact) mass is 351 g/mol. The fourth-order valence-corrected chi connectivity index (χ4v) is 3.22. The fourth-order valence-electron chi connectivity index (χ4n) is 2.34. The highest BCUT2D eigenvalue weighted by atomic mass is 32.2. The van der Waals surface area contributed by atoms with E-state index in [1.165, 1.54) is 11.8 Å². The van der Waals surface area contributed by atoms with Gasteiger partial charge in [-0.3, -0.25) is 0 Å². The third-order valence-electron chi connectivity index (χ3n) is 3.35. The van der Waals surface area contributed by atoms with Crippen LogP contribution in [-0.2, 0) is 9.53 Å². The minimum atomic E-state index is -0.433. The number of ether oxygens (including phenoxy) is 1. The van der Waals surface area contributed by atoms with Crippen LogP contribution in [-0.4, -0.2) is 40.4 Å². The van der Waals surface area contributed by atoms with Crippen molar-refractivity contribution in [3.05, 3.63) is 23.0 Å². The number of aromatic nitrogens is 2. The summed E-state index contributed by atoms with van der Waals surface area (Å²) < 4.78 is 5.12. The molecule has 9 heteroatoms. The minimum Gasteiger partial charge on any atom is -0.463 e. The van der Waals surface area contributed by atoms with E-state index in [2.05, 4.69) is 20.6 Å². The Morgan fingerprint density at radius 3 is 2.79 bits per heavy atom. The summed E-state index contributed by atoms with van der Waals surface area (Å²) in [5.41, 5.74) is 7.42. The maximum absolute atomic E-state index is 12.3. The lowest BCUT2D eigenvalue weighted by molar-refractivity contribution is -0.139. The smallest absolute Gasteiger partial charge is 0.337 e. The van der Waals surface area contributed by atoms with Crippen molar-refractivity contribution in [3.63, 3.8) is 0 Å². The zero-order valence-corrected chi connectivity index (χ0v) is 14.7. The molecule has 0 radical (unpaired) electrons. The summed E-state index contributed by atoms with van der Waals surface area (Å²) in [5.74, 6) is 0.281. The summed E-state index contributed by atoms with van der Waals surface area (Å²) in [6.45, 7) is 5.73. The van der Waals surface area contributed by atoms with E-state index < -0.39 is 5.97 Å². The van der Waals surface area contributed by atoms with Crippen molar-refractivity contribution in [2.45, 2.75) is 38.4 Å². The van der Waals surface area contributed by atoms with E-state index in [1.54, 1.807) is 13.0 Å². The molecule has 0 saturated carbocycles. The predicted octanol–water partition coefficient (Wildman–Crippen LogP) is 1.37. The number of nitrogen functional groups attached to an aromatic ring is 1. The Bertz CT molecular complexity index is 657. The van der Waals surface area contributed by atoms with Crippen molar-refractivity contribution in [3.8, 4) is 0 Å². The third-order valence-corrected chi connectivity index (χ3v) is 4.22. The quantitative estimate of drug-likeness (QED) is 0.402. The lowest BCUT2D eigenvalue weighted by Crippen LogP contribution is -2.50. The summed E-state index contributed by atoms with van der Waals surface area (Å²) in [6, 6.07) is 0.958. The van der Waals surface area contributed by atoms with Crippen LogP contribution in [0.3, 0.4) is 0 Å². The van der Waals surface area contributed by atoms with Crippen LogP contribution in [0.15, 0.2) is 22.5 Å². The molecule has 0 fully saturated rings. The van der Waals surface area contributed by atoms with Gasteiger partial charge in [0.25, 0.3) is 0 Å². The van der Waals surface area contributed by atoms with Crippen LogP contribution in [0.1, 0.15) is 26.0 Å². The molecule has 0 aliphatic carbocycles. The van der Waals surface area contributed by atoms with Crippen molar-refractivity contribution >= 4 is 29.6 Å². The number of nitrogens with zero attached hydrogens (tertiary/aromatic N) is 2. The molecule has 4 N–H and O–H groups in total. The molecule has 1 aromatic rings. The van der Waals surface area contributed by atoms with Gasteiger partial charge in [-0.15, -0.1) is 0 Å². The number of anilines is 1. The Balaban J connectivity index is 2.26. The topological polar surface area (TPSA) is 119 Å². The first-order valence-electron chi connectivity index (χ1n) is 7.66. The zero-order valence-electron chi connectivity index (χ0n) is 13.9. The van der Waals surface area contributed by atoms with Crippen molar-refractivity contribution in [1.82, 2.24) is 20.6 Å². The van der Waals surface area contributed by atoms with E-state index in [4.69, 9.17) is 10.5 Å². The van der Waals surface area contributed by atoms with E-state index in [0.717, 1.165) is 5.69 Å². The van der Waals surface area contributed by atoms with Gasteiger partial charge in [0.15, 0.2) is 5.16 Å². The number of aryl methyl sites for hydroxylation is 1. The maximum Gasteiger partial charge on any atom is 0.337 e. The summed E-state index contributed by atoms with van der Waals surface area (Å²) in [7, 11) is 0. The molecule has 0 bridgehead atoms. The van der Waals surface area contributed by atoms with Gasteiger partial charge in [0.05, 0.1) is 18.2 Å². The van der Waals surface area contributed by atoms with Crippen LogP contribution >= 0.6 is 11.8 Å². The number of hydrogen-bond donors (Lipinski definition) is 3. The summed E-state index contributed by atoms with van der Waals surface area (Å²) >= 11 is 1.30. The normalized spacial score (nSPS) is 17.3. The van der Waals surface area contributed by atoms with Crippen LogP contribution in [0.2, 0.25) is 0 Å². The van der Waals surface area contributed by atoms with Gasteiger partial charge in [0.1, 0.15) is 5.82 Å². The Morgan fingerprint density at radius 1 is 1.42 bits per heavy atom. The van der Waals surface area contributed by atoms with E-state index in [-0.39, 0.29) is 18.7 Å². The van der Waals surface area contributed by atoms with E-state index in [9.17, 15) is 9.59 Å². The highest BCUT2D eigenvalue weighted by Gasteiger charge is 2.31. The summed E-state index contributed by atoms with van der Waals surface area (Å²) in [6.07, 6.45) is 0.587. The molecule has 0 spiro atoms. The molecule has 2 heterocycles. The Labute approximate surface area is 144 Å². The number of nitrogens with one attached hydrogen (secondary N) is 2. The molecule has 0 saturated heterocycles. The average molecular weight is 351 g/mol. The van der Waals surface area contributed by atoms with E-state index in [1.807, 2.05) is 13.8 Å². The van der Waals surface area contributed by atoms with Gasteiger partial charge in [0.2, 0.25) is 0 Å². The Morgan fingerprint density at radius 2 is 2.17 bits per heavy atom. The van der Waals surface area contributed by atoms with Gasteiger partial charge < -0.3 is 21.1 Å². The van der Waals surface area contributed by atoms with Crippen LogP contribution in [0.25, 0.3) is 0 Å². The number of carbonyl (C=O) groups excluding carboxylic acids is 2. The van der Waals surface area contributed by atoms with Gasteiger partial charge in [-0.1, -0.05) is 18.7 Å². The second-order valence-electron chi connectivity index (χ2n) is 5.18. The number of rotatable bonds is 6. The largest absolute Gasteiger partial charge is 0.463 e. The molecule has 0 aromatic carbocycles. The second-order valence-corrected chi connectivity index (χ2v) is 6.12. The molecule has 1 aliphatic heterocycles. The number of hydrogen-bond acceptors (Lipinski definition) is 7. The third kappa shape index (κ3) is 4.38. The maximum atomic E-state index is 12.3. The number of nitrogens with two attached hydrogens (primary N) is 1. The first-order chi connectivity index (χ1) is 11.4. The molecule has 8 nitrogen and oxygen atoms in total. The van der Waals surface area contributed by atoms with Gasteiger partial charge in [0, 0.05) is 23.2 Å². The molecule has 2 rings (SSSR count). The highest BCUT2D eigenvalue weighted by Crippen LogP contribution is 2.23. The van der Waals surface area contributed by atoms with Gasteiger partial charge in [-0.25, -0.2) is 19.6 Å². The molecule has 130 valence electrons. The summed E-state index contributed by atoms with van der Waals surface area (Å²) in [5, 5.41) is 5.91. The van der Waals surface area contributed by atoms with Crippen molar-refractivity contribution in [2.75, 3.05) is 18.1 Å². The summed E-state index contributed by atoms with van der Waals surface area (Å²) in [4.78, 5) is 32.5. The number of urea groups is 1. The van der Waals surface area contributed by atoms with Gasteiger partial charge in [-0.2, -0.15) is 0 Å². The van der Waals surface area contributed by atoms with Crippen molar-refractivity contribution in [2.24, 2.45) is 0 Å². The SMILES string of the molecule is CCOC(=O)C1=C(CSc2nc(C)cc(N)n2)NC(=O)N[C@@H]1CC. The molecule has 1 atom stereocenters. The molecule has 1 aliphatic rings. The predicted molar refractivity (Wildman–Crippen MR) is 91.3 cm³/mol. The molecule has 2 amide bonds. The number of thioether (sulfide) groups is 1. The number of esters is 1. The number of amides is 2. The molecule has 0 unspecified atom stereocenters. The van der Waals surface area contributed by atoms with Crippen LogP contribution in [0.4, 0.5) is 10.6 Å². The Hall–Kier alpha value is -2.29. The molecule has 1 aromatic heterocycles. The second kappa shape index (κ2) is 8.00. The van der Waals surface area contributed by atoms with Crippen LogP contribution < -0.4 is 16.4 Å². The Kier molecular flexibility index (Phi) is 6.02. The van der Waals surface area contributed by atoms with E-state index in [0.29, 0.717) is 34.4 Å². The zero-order chi connectivity index (χ0) is 17.7.